The molecule has 2 rings (SSSR count). The van der Waals surface area contributed by atoms with Gasteiger partial charge in [0.15, 0.2) is 5.82 Å². The van der Waals surface area contributed by atoms with Crippen molar-refractivity contribution in [1.29, 1.82) is 0 Å². The van der Waals surface area contributed by atoms with Crippen LogP contribution in [0.5, 0.6) is 0 Å². The number of carboxylic acid groups (broad SMARTS) is 1. The molecule has 1 aromatic carbocycles. The molecule has 0 aliphatic rings. The van der Waals surface area contributed by atoms with Gasteiger partial charge in [0.1, 0.15) is 6.42 Å². The summed E-state index contributed by atoms with van der Waals surface area (Å²) in [4.78, 5) is 10.6. The third kappa shape index (κ3) is 2.17. The molecule has 2 aromatic rings. The van der Waals surface area contributed by atoms with Gasteiger partial charge in [0.05, 0.1) is 5.69 Å². The first-order valence-corrected chi connectivity index (χ1v) is 4.79. The highest BCUT2D eigenvalue weighted by Crippen LogP contribution is 2.14. The SMILES string of the molecule is O=C(O)Cc1nnnn1-c1cccc(Cl)c1. The molecule has 1 aromatic heterocycles. The van der Waals surface area contributed by atoms with Gasteiger partial charge in [-0.05, 0) is 28.6 Å². The van der Waals surface area contributed by atoms with E-state index >= 15 is 0 Å². The Kier molecular flexibility index (Phi) is 2.82. The molecule has 0 amide bonds. The van der Waals surface area contributed by atoms with Crippen molar-refractivity contribution in [3.63, 3.8) is 0 Å². The number of benzene rings is 1. The van der Waals surface area contributed by atoms with Crippen LogP contribution in [0.3, 0.4) is 0 Å². The predicted octanol–water partition coefficient (Wildman–Crippen LogP) is 0.943. The minimum atomic E-state index is -0.988. The van der Waals surface area contributed by atoms with E-state index in [1.807, 2.05) is 0 Å². The number of carbonyl (C=O) groups is 1. The molecule has 0 radical (unpaired) electrons. The van der Waals surface area contributed by atoms with Gasteiger partial charge >= 0.3 is 5.97 Å². The number of aromatic nitrogens is 4. The standard InChI is InChI=1S/C9H7ClN4O2/c10-6-2-1-3-7(4-6)14-8(5-9(15)16)11-12-13-14/h1-4H,5H2,(H,15,16). The fourth-order valence-corrected chi connectivity index (χ4v) is 1.44. The van der Waals surface area contributed by atoms with E-state index in [-0.39, 0.29) is 12.2 Å². The summed E-state index contributed by atoms with van der Waals surface area (Å²) in [7, 11) is 0. The van der Waals surface area contributed by atoms with Crippen LogP contribution in [0.15, 0.2) is 24.3 Å². The van der Waals surface area contributed by atoms with Gasteiger partial charge in [0.25, 0.3) is 0 Å². The lowest BCUT2D eigenvalue weighted by molar-refractivity contribution is -0.136. The van der Waals surface area contributed by atoms with Gasteiger partial charge in [-0.25, -0.2) is 0 Å². The third-order valence-corrected chi connectivity index (χ3v) is 2.13. The lowest BCUT2D eigenvalue weighted by atomic mass is 10.3. The molecule has 0 aliphatic heterocycles. The fraction of sp³-hybridized carbons (Fsp3) is 0.111. The van der Waals surface area contributed by atoms with Crippen LogP contribution in [0.2, 0.25) is 5.02 Å². The Balaban J connectivity index is 2.40. The van der Waals surface area contributed by atoms with Crippen molar-refractivity contribution in [2.24, 2.45) is 0 Å². The van der Waals surface area contributed by atoms with Gasteiger partial charge in [0.2, 0.25) is 0 Å². The molecule has 0 saturated carbocycles. The van der Waals surface area contributed by atoms with Crippen molar-refractivity contribution in [3.05, 3.63) is 35.1 Å². The molecule has 1 N–H and O–H groups in total. The average molecular weight is 239 g/mol. The predicted molar refractivity (Wildman–Crippen MR) is 55.5 cm³/mol. The number of carboxylic acids is 1. The molecule has 0 fully saturated rings. The summed E-state index contributed by atoms with van der Waals surface area (Å²) in [5.74, 6) is -0.729. The Morgan fingerprint density at radius 1 is 1.50 bits per heavy atom. The Morgan fingerprint density at radius 2 is 2.31 bits per heavy atom. The molecule has 0 saturated heterocycles. The summed E-state index contributed by atoms with van der Waals surface area (Å²) in [6, 6.07) is 6.85. The van der Waals surface area contributed by atoms with Gasteiger partial charge in [-0.2, -0.15) is 4.68 Å². The zero-order valence-corrected chi connectivity index (χ0v) is 8.79. The lowest BCUT2D eigenvalue weighted by Crippen LogP contribution is -2.09. The second-order valence-corrected chi connectivity index (χ2v) is 3.49. The molecule has 0 unspecified atom stereocenters. The lowest BCUT2D eigenvalue weighted by Gasteiger charge is -2.02. The van der Waals surface area contributed by atoms with Crippen molar-refractivity contribution < 1.29 is 9.90 Å². The second kappa shape index (κ2) is 4.28. The molecule has 0 aliphatic carbocycles. The maximum absolute atomic E-state index is 10.6. The number of rotatable bonds is 3. The molecule has 16 heavy (non-hydrogen) atoms. The minimum Gasteiger partial charge on any atom is -0.481 e. The number of nitrogens with zero attached hydrogens (tertiary/aromatic N) is 4. The number of hydrogen-bond donors (Lipinski definition) is 1. The minimum absolute atomic E-state index is 0.237. The summed E-state index contributed by atoms with van der Waals surface area (Å²) in [6.07, 6.45) is -0.237. The van der Waals surface area contributed by atoms with Crippen molar-refractivity contribution in [3.8, 4) is 5.69 Å². The summed E-state index contributed by atoms with van der Waals surface area (Å²) in [5.41, 5.74) is 0.633. The first kappa shape index (κ1) is 10.6. The summed E-state index contributed by atoms with van der Waals surface area (Å²) >= 11 is 5.82. The highest BCUT2D eigenvalue weighted by Gasteiger charge is 2.11. The molecule has 0 spiro atoms. The molecule has 82 valence electrons. The summed E-state index contributed by atoms with van der Waals surface area (Å²) in [5, 5.41) is 20.0. The maximum atomic E-state index is 10.6. The fourth-order valence-electron chi connectivity index (χ4n) is 1.26. The van der Waals surface area contributed by atoms with Gasteiger partial charge in [-0.1, -0.05) is 17.7 Å². The van der Waals surface area contributed by atoms with Crippen LogP contribution in [0, 0.1) is 0 Å². The zero-order chi connectivity index (χ0) is 11.5. The van der Waals surface area contributed by atoms with Crippen molar-refractivity contribution in [2.75, 3.05) is 0 Å². The molecular formula is C9H7ClN4O2. The van der Waals surface area contributed by atoms with E-state index < -0.39 is 5.97 Å². The van der Waals surface area contributed by atoms with Crippen LogP contribution in [0.4, 0.5) is 0 Å². The summed E-state index contributed by atoms with van der Waals surface area (Å²) in [6.45, 7) is 0. The third-order valence-electron chi connectivity index (χ3n) is 1.90. The van der Waals surface area contributed by atoms with Crippen LogP contribution < -0.4 is 0 Å². The van der Waals surface area contributed by atoms with Gasteiger partial charge < -0.3 is 5.11 Å². The first-order valence-electron chi connectivity index (χ1n) is 4.42. The van der Waals surface area contributed by atoms with Gasteiger partial charge in [0, 0.05) is 5.02 Å². The average Bonchev–Trinajstić information content (AvgIpc) is 2.65. The molecule has 0 bridgehead atoms. The number of aliphatic carboxylic acids is 1. The summed E-state index contributed by atoms with van der Waals surface area (Å²) < 4.78 is 1.35. The zero-order valence-electron chi connectivity index (χ0n) is 8.04. The van der Waals surface area contributed by atoms with E-state index in [2.05, 4.69) is 15.5 Å². The highest BCUT2D eigenvalue weighted by atomic mass is 35.5. The Morgan fingerprint density at radius 3 is 3.00 bits per heavy atom. The smallest absolute Gasteiger partial charge is 0.311 e. The topological polar surface area (TPSA) is 80.9 Å². The van der Waals surface area contributed by atoms with Gasteiger partial charge in [-0.15, -0.1) is 5.10 Å². The van der Waals surface area contributed by atoms with Crippen LogP contribution >= 0.6 is 11.6 Å². The van der Waals surface area contributed by atoms with Gasteiger partial charge in [-0.3, -0.25) is 4.79 Å². The molecule has 6 nitrogen and oxygen atoms in total. The highest BCUT2D eigenvalue weighted by molar-refractivity contribution is 6.30. The quantitative estimate of drug-likeness (QED) is 0.861. The molecular weight excluding hydrogens is 232 g/mol. The van der Waals surface area contributed by atoms with Crippen LogP contribution in [-0.4, -0.2) is 31.3 Å². The van der Waals surface area contributed by atoms with E-state index in [0.717, 1.165) is 0 Å². The van der Waals surface area contributed by atoms with Crippen LogP contribution in [-0.2, 0) is 11.2 Å². The number of tetrazole rings is 1. The van der Waals surface area contributed by atoms with E-state index in [1.165, 1.54) is 4.68 Å². The maximum Gasteiger partial charge on any atom is 0.311 e. The largest absolute Gasteiger partial charge is 0.481 e. The number of halogens is 1. The normalized spacial score (nSPS) is 10.3. The van der Waals surface area contributed by atoms with E-state index in [4.69, 9.17) is 16.7 Å². The van der Waals surface area contributed by atoms with E-state index in [0.29, 0.717) is 10.7 Å². The van der Waals surface area contributed by atoms with Crippen molar-refractivity contribution >= 4 is 17.6 Å². The second-order valence-electron chi connectivity index (χ2n) is 3.06. The Bertz CT molecular complexity index is 526. The van der Waals surface area contributed by atoms with Crippen LogP contribution in [0.25, 0.3) is 5.69 Å². The van der Waals surface area contributed by atoms with Crippen molar-refractivity contribution in [1.82, 2.24) is 20.2 Å². The molecule has 7 heteroatoms. The Labute approximate surface area is 95.5 Å². The first-order chi connectivity index (χ1) is 7.66. The molecule has 1 heterocycles. The van der Waals surface area contributed by atoms with Crippen molar-refractivity contribution in [2.45, 2.75) is 6.42 Å². The monoisotopic (exact) mass is 238 g/mol. The Hall–Kier alpha value is -1.95. The van der Waals surface area contributed by atoms with E-state index in [9.17, 15) is 4.79 Å². The molecule has 0 atom stereocenters. The van der Waals surface area contributed by atoms with Crippen LogP contribution in [0.1, 0.15) is 5.82 Å². The number of hydrogen-bond acceptors (Lipinski definition) is 4. The van der Waals surface area contributed by atoms with E-state index in [1.54, 1.807) is 24.3 Å².